The number of carbonyl (C=O) groups excluding carboxylic acids is 1. The van der Waals surface area contributed by atoms with Crippen molar-refractivity contribution in [3.05, 3.63) is 35.4 Å². The van der Waals surface area contributed by atoms with Crippen molar-refractivity contribution in [2.75, 3.05) is 6.61 Å². The number of hydrogen-bond donors (Lipinski definition) is 0. The number of halogens is 1. The van der Waals surface area contributed by atoms with Gasteiger partial charge in [0.15, 0.2) is 0 Å². The molecule has 0 aliphatic carbocycles. The molecular weight excluding hydrogens is 322 g/mol. The van der Waals surface area contributed by atoms with Crippen LogP contribution in [0.5, 0.6) is 0 Å². The van der Waals surface area contributed by atoms with Crippen LogP contribution in [0.1, 0.15) is 28.8 Å². The van der Waals surface area contributed by atoms with E-state index >= 15 is 0 Å². The van der Waals surface area contributed by atoms with E-state index in [0.717, 1.165) is 37.7 Å². The largest absolute Gasteiger partial charge is 0.352 e. The van der Waals surface area contributed by atoms with Crippen molar-refractivity contribution in [1.82, 2.24) is 0 Å². The van der Waals surface area contributed by atoms with Gasteiger partial charge in [-0.15, -0.1) is 0 Å². The summed E-state index contributed by atoms with van der Waals surface area (Å²) in [6.45, 7) is 1.42. The van der Waals surface area contributed by atoms with E-state index in [2.05, 4.69) is 22.0 Å². The van der Waals surface area contributed by atoms with Gasteiger partial charge in [0, 0.05) is 5.56 Å². The molecule has 1 aromatic carbocycles. The highest BCUT2D eigenvalue weighted by Crippen LogP contribution is 2.22. The predicted molar refractivity (Wildman–Crippen MR) is 73.1 cm³/mol. The van der Waals surface area contributed by atoms with Gasteiger partial charge in [0.2, 0.25) is 0 Å². The summed E-state index contributed by atoms with van der Waals surface area (Å²) in [4.78, 5) is 10.4. The molecule has 1 atom stereocenters. The van der Waals surface area contributed by atoms with Gasteiger partial charge in [-0.1, -0.05) is 24.3 Å². The summed E-state index contributed by atoms with van der Waals surface area (Å²) < 4.78 is 5.28. The zero-order chi connectivity index (χ0) is 10.9. The fraction of sp³-hybridized carbons (Fsp3) is 0.364. The molecule has 0 saturated heterocycles. The highest BCUT2D eigenvalue weighted by Gasteiger charge is 1.94. The number of rotatable bonds is 7. The van der Waals surface area contributed by atoms with Gasteiger partial charge in [-0.2, -0.15) is 0 Å². The minimum absolute atomic E-state index is 0.565. The Morgan fingerprint density at radius 3 is 2.60 bits per heavy atom. The van der Waals surface area contributed by atoms with Crippen molar-refractivity contribution in [2.24, 2.45) is 0 Å². The molecule has 0 spiro atoms. The smallest absolute Gasteiger partial charge is 0.150 e. The first-order valence-corrected chi connectivity index (χ1v) is 8.90. The first-order chi connectivity index (χ1) is 7.36. The van der Waals surface area contributed by atoms with E-state index in [0.29, 0.717) is 6.45 Å². The van der Waals surface area contributed by atoms with Crippen LogP contribution in [0, 0.1) is 0 Å². The fourth-order valence-electron chi connectivity index (χ4n) is 1.30. The van der Waals surface area contributed by atoms with Crippen molar-refractivity contribution >= 4 is 34.8 Å². The summed E-state index contributed by atoms with van der Waals surface area (Å²) in [5.74, 6) is 0. The van der Waals surface area contributed by atoms with Gasteiger partial charge in [-0.05, 0) is 46.9 Å². The molecule has 4 heteroatoms. The molecule has 0 aliphatic heterocycles. The van der Waals surface area contributed by atoms with Crippen LogP contribution in [0.4, 0.5) is 0 Å². The molecule has 0 aliphatic rings. The molecule has 0 bridgehead atoms. The van der Waals surface area contributed by atoms with E-state index in [9.17, 15) is 4.79 Å². The van der Waals surface area contributed by atoms with Gasteiger partial charge in [0.25, 0.3) is 0 Å². The number of hydrogen-bond acceptors (Lipinski definition) is 2. The monoisotopic (exact) mass is 336 g/mol. The molecule has 0 radical (unpaired) electrons. The van der Waals surface area contributed by atoms with Crippen LogP contribution in [-0.4, -0.2) is 12.9 Å². The fourth-order valence-corrected chi connectivity index (χ4v) is 2.19. The number of aryl methyl sites for hydroxylation is 1. The molecule has 0 N–H and O–H groups in total. The Kier molecular flexibility index (Phi) is 7.14. The lowest BCUT2D eigenvalue weighted by atomic mass is 10.1. The number of aldehydes is 1. The number of unbranched alkanes of at least 4 members (excludes halogenated alkanes) is 1. The quantitative estimate of drug-likeness (QED) is 0.328. The minimum Gasteiger partial charge on any atom is -0.352 e. The van der Waals surface area contributed by atoms with Gasteiger partial charge in [0.1, 0.15) is 6.29 Å². The molecule has 1 unspecified atom stereocenters. The van der Waals surface area contributed by atoms with Crippen LogP contribution in [0.25, 0.3) is 0 Å². The second-order valence-electron chi connectivity index (χ2n) is 3.24. The summed E-state index contributed by atoms with van der Waals surface area (Å²) in [6.07, 6.45) is 4.18. The van der Waals surface area contributed by atoms with Crippen LogP contribution in [0.2, 0.25) is 0 Å². The van der Waals surface area contributed by atoms with Gasteiger partial charge in [-0.25, -0.2) is 0 Å². The zero-order valence-electron chi connectivity index (χ0n) is 8.41. The van der Waals surface area contributed by atoms with Gasteiger partial charge < -0.3 is 4.52 Å². The first-order valence-electron chi connectivity index (χ1n) is 4.88. The lowest BCUT2D eigenvalue weighted by molar-refractivity contribution is 0.112. The SMILES string of the molecule is O=Cc1ccc(CCCCOPI)cc1. The van der Waals surface area contributed by atoms with E-state index in [4.69, 9.17) is 4.52 Å². The van der Waals surface area contributed by atoms with Gasteiger partial charge >= 0.3 is 0 Å². The topological polar surface area (TPSA) is 26.3 Å². The predicted octanol–water partition coefficient (Wildman–Crippen LogP) is 3.78. The third-order valence-corrected chi connectivity index (χ3v) is 3.38. The van der Waals surface area contributed by atoms with E-state index in [-0.39, 0.29) is 0 Å². The molecular formula is C11H14IO2P. The average molecular weight is 336 g/mol. The lowest BCUT2D eigenvalue weighted by Gasteiger charge is -2.01. The van der Waals surface area contributed by atoms with Crippen molar-refractivity contribution in [2.45, 2.75) is 19.3 Å². The van der Waals surface area contributed by atoms with Crippen molar-refractivity contribution in [3.8, 4) is 0 Å². The van der Waals surface area contributed by atoms with E-state index in [1.807, 2.05) is 24.3 Å². The molecule has 0 heterocycles. The molecule has 2 nitrogen and oxygen atoms in total. The molecule has 0 aromatic heterocycles. The van der Waals surface area contributed by atoms with Crippen molar-refractivity contribution < 1.29 is 9.32 Å². The van der Waals surface area contributed by atoms with E-state index < -0.39 is 0 Å². The Morgan fingerprint density at radius 1 is 1.27 bits per heavy atom. The maximum absolute atomic E-state index is 10.4. The van der Waals surface area contributed by atoms with Crippen molar-refractivity contribution in [3.63, 3.8) is 0 Å². The second-order valence-corrected chi connectivity index (χ2v) is 5.01. The Balaban J connectivity index is 2.22. The summed E-state index contributed by atoms with van der Waals surface area (Å²) in [7, 11) is 0. The first kappa shape index (κ1) is 13.1. The standard InChI is InChI=1S/C11H14IO2P/c12-15-14-8-2-1-3-10-4-6-11(9-13)7-5-10/h4-7,9,15H,1-3,8H2. The third-order valence-electron chi connectivity index (χ3n) is 2.13. The highest BCUT2D eigenvalue weighted by atomic mass is 127. The molecule has 82 valence electrons. The molecule has 0 fully saturated rings. The highest BCUT2D eigenvalue weighted by molar-refractivity contribution is 14.2. The molecule has 0 saturated carbocycles. The summed E-state index contributed by atoms with van der Waals surface area (Å²) in [5, 5.41) is 0. The number of benzene rings is 1. The molecule has 0 amide bonds. The van der Waals surface area contributed by atoms with E-state index in [1.54, 1.807) is 0 Å². The van der Waals surface area contributed by atoms with Gasteiger partial charge in [-0.3, -0.25) is 4.79 Å². The van der Waals surface area contributed by atoms with Crippen LogP contribution < -0.4 is 0 Å². The molecule has 1 aromatic rings. The van der Waals surface area contributed by atoms with Crippen molar-refractivity contribution in [1.29, 1.82) is 0 Å². The summed E-state index contributed by atoms with van der Waals surface area (Å²) >= 11 is 2.23. The van der Waals surface area contributed by atoms with Gasteiger partial charge in [0.05, 0.1) is 13.1 Å². The third kappa shape index (κ3) is 5.59. The lowest BCUT2D eigenvalue weighted by Crippen LogP contribution is -1.90. The molecule has 1 rings (SSSR count). The zero-order valence-corrected chi connectivity index (χ0v) is 11.6. The van der Waals surface area contributed by atoms with Crippen LogP contribution in [0.3, 0.4) is 0 Å². The Hall–Kier alpha value is 0.01000. The summed E-state index contributed by atoms with van der Waals surface area (Å²) in [5.41, 5.74) is 2.03. The van der Waals surface area contributed by atoms with Crippen LogP contribution in [-0.2, 0) is 10.9 Å². The average Bonchev–Trinajstić information content (AvgIpc) is 2.30. The Bertz CT molecular complexity index is 287. The molecule has 15 heavy (non-hydrogen) atoms. The summed E-state index contributed by atoms with van der Waals surface area (Å²) in [6, 6.07) is 7.77. The van der Waals surface area contributed by atoms with Crippen LogP contribution >= 0.6 is 28.5 Å². The number of carbonyl (C=O) groups is 1. The second kappa shape index (κ2) is 8.20. The van der Waals surface area contributed by atoms with Crippen LogP contribution in [0.15, 0.2) is 24.3 Å². The minimum atomic E-state index is 0.565. The maximum atomic E-state index is 10.4. The maximum Gasteiger partial charge on any atom is 0.150 e. The Morgan fingerprint density at radius 2 is 2.00 bits per heavy atom. The van der Waals surface area contributed by atoms with E-state index in [1.165, 1.54) is 5.56 Å². The Labute approximate surface area is 105 Å². The normalized spacial score (nSPS) is 11.0.